The number of aryl methyl sites for hydroxylation is 2. The number of anilines is 1. The summed E-state index contributed by atoms with van der Waals surface area (Å²) in [7, 11) is -3.54. The van der Waals surface area contributed by atoms with E-state index in [1.165, 1.54) is 4.31 Å². The molecule has 0 aromatic heterocycles. The lowest BCUT2D eigenvalue weighted by Crippen LogP contribution is -2.44. The van der Waals surface area contributed by atoms with Crippen LogP contribution in [0.3, 0.4) is 0 Å². The lowest BCUT2D eigenvalue weighted by Gasteiger charge is -2.31. The molecule has 0 bridgehead atoms. The summed E-state index contributed by atoms with van der Waals surface area (Å²) in [5.41, 5.74) is 3.47. The van der Waals surface area contributed by atoms with Crippen LogP contribution in [0.4, 0.5) is 5.69 Å². The van der Waals surface area contributed by atoms with Gasteiger partial charge in [0.1, 0.15) is 0 Å². The minimum atomic E-state index is -3.54. The highest BCUT2D eigenvalue weighted by Gasteiger charge is 2.32. The van der Waals surface area contributed by atoms with Crippen molar-refractivity contribution < 1.29 is 13.2 Å². The van der Waals surface area contributed by atoms with Crippen LogP contribution in [0.15, 0.2) is 42.5 Å². The Kier molecular flexibility index (Phi) is 6.43. The predicted octanol–water partition coefficient (Wildman–Crippen LogP) is 4.14. The third-order valence-corrected chi connectivity index (χ3v) is 7.25. The lowest BCUT2D eigenvalue weighted by molar-refractivity contribution is -0.120. The van der Waals surface area contributed by atoms with Crippen LogP contribution in [-0.4, -0.2) is 31.7 Å². The number of halogens is 1. The van der Waals surface area contributed by atoms with Gasteiger partial charge in [-0.2, -0.15) is 0 Å². The Morgan fingerprint density at radius 2 is 1.96 bits per heavy atom. The number of sulfonamides is 1. The van der Waals surface area contributed by atoms with Crippen molar-refractivity contribution in [1.82, 2.24) is 4.31 Å². The Hall–Kier alpha value is -1.89. The quantitative estimate of drug-likeness (QED) is 0.790. The molecule has 150 valence electrons. The summed E-state index contributed by atoms with van der Waals surface area (Å²) < 4.78 is 27.1. The van der Waals surface area contributed by atoms with Crippen molar-refractivity contribution in [3.63, 3.8) is 0 Å². The number of nitrogens with zero attached hydrogens (tertiary/aromatic N) is 1. The number of hydrogen-bond acceptors (Lipinski definition) is 3. The fourth-order valence-corrected chi connectivity index (χ4v) is 5.42. The van der Waals surface area contributed by atoms with Crippen LogP contribution in [0.5, 0.6) is 0 Å². The molecule has 1 aliphatic rings. The number of carbonyl (C=O) groups is 1. The first-order valence-corrected chi connectivity index (χ1v) is 11.3. The Labute approximate surface area is 171 Å². The van der Waals surface area contributed by atoms with Crippen molar-refractivity contribution in [3.05, 3.63) is 64.2 Å². The van der Waals surface area contributed by atoms with Crippen molar-refractivity contribution in [2.75, 3.05) is 18.4 Å². The summed E-state index contributed by atoms with van der Waals surface area (Å²) in [6.45, 7) is 4.58. The molecule has 1 amide bonds. The van der Waals surface area contributed by atoms with E-state index in [4.69, 9.17) is 11.6 Å². The van der Waals surface area contributed by atoms with Gasteiger partial charge in [0.25, 0.3) is 0 Å². The topological polar surface area (TPSA) is 66.5 Å². The molecule has 1 saturated heterocycles. The molecule has 1 heterocycles. The number of nitrogens with one attached hydrogen (secondary N) is 1. The van der Waals surface area contributed by atoms with Crippen LogP contribution in [0, 0.1) is 19.8 Å². The van der Waals surface area contributed by atoms with E-state index in [1.54, 1.807) is 24.3 Å². The lowest BCUT2D eigenvalue weighted by atomic mass is 9.98. The highest BCUT2D eigenvalue weighted by Crippen LogP contribution is 2.25. The second kappa shape index (κ2) is 8.64. The molecule has 7 heteroatoms. The van der Waals surface area contributed by atoms with E-state index < -0.39 is 10.0 Å². The summed E-state index contributed by atoms with van der Waals surface area (Å²) in [6, 6.07) is 12.8. The molecule has 28 heavy (non-hydrogen) atoms. The van der Waals surface area contributed by atoms with Gasteiger partial charge in [-0.15, -0.1) is 0 Å². The van der Waals surface area contributed by atoms with Crippen molar-refractivity contribution in [2.24, 2.45) is 5.92 Å². The number of hydrogen-bond donors (Lipinski definition) is 1. The first kappa shape index (κ1) is 20.8. The molecule has 0 saturated carbocycles. The van der Waals surface area contributed by atoms with Gasteiger partial charge < -0.3 is 5.32 Å². The smallest absolute Gasteiger partial charge is 0.228 e. The number of benzene rings is 2. The van der Waals surface area contributed by atoms with E-state index in [9.17, 15) is 13.2 Å². The maximum Gasteiger partial charge on any atom is 0.228 e. The van der Waals surface area contributed by atoms with E-state index in [-0.39, 0.29) is 24.1 Å². The molecule has 5 nitrogen and oxygen atoms in total. The molecule has 2 aromatic rings. The zero-order valence-electron chi connectivity index (χ0n) is 16.1. The molecule has 3 rings (SSSR count). The van der Waals surface area contributed by atoms with Gasteiger partial charge in [0.2, 0.25) is 15.9 Å². The van der Waals surface area contributed by atoms with E-state index in [0.717, 1.165) is 16.8 Å². The number of rotatable bonds is 5. The average molecular weight is 421 g/mol. The zero-order chi connectivity index (χ0) is 20.3. The molecule has 0 radical (unpaired) electrons. The molecule has 1 fully saturated rings. The first-order chi connectivity index (χ1) is 13.3. The van der Waals surface area contributed by atoms with Gasteiger partial charge in [-0.3, -0.25) is 4.79 Å². The van der Waals surface area contributed by atoms with Gasteiger partial charge in [-0.1, -0.05) is 47.5 Å². The molecule has 1 atom stereocenters. The molecule has 0 aliphatic carbocycles. The second-order valence-corrected chi connectivity index (χ2v) is 9.73. The fourth-order valence-electron chi connectivity index (χ4n) is 3.50. The molecule has 1 unspecified atom stereocenters. The maximum atomic E-state index is 12.9. The second-order valence-electron chi connectivity index (χ2n) is 7.35. The van der Waals surface area contributed by atoms with Gasteiger partial charge in [-0.25, -0.2) is 12.7 Å². The van der Waals surface area contributed by atoms with Crippen molar-refractivity contribution in [2.45, 2.75) is 32.4 Å². The average Bonchev–Trinajstić information content (AvgIpc) is 2.66. The zero-order valence-corrected chi connectivity index (χ0v) is 17.7. The third kappa shape index (κ3) is 4.93. The minimum Gasteiger partial charge on any atom is -0.326 e. The summed E-state index contributed by atoms with van der Waals surface area (Å²) in [5.74, 6) is -0.655. The van der Waals surface area contributed by atoms with E-state index in [1.807, 2.05) is 32.0 Å². The SMILES string of the molecule is Cc1ccc(NC(=O)C2CCCN(S(=O)(=O)Cc3ccccc3Cl)C2)c(C)c1. The van der Waals surface area contributed by atoms with Crippen LogP contribution in [0.25, 0.3) is 0 Å². The number of carbonyl (C=O) groups excluding carboxylic acids is 1. The van der Waals surface area contributed by atoms with Crippen LogP contribution < -0.4 is 5.32 Å². The van der Waals surface area contributed by atoms with Crippen LogP contribution in [0.2, 0.25) is 5.02 Å². The summed E-state index contributed by atoms with van der Waals surface area (Å²) in [4.78, 5) is 12.7. The van der Waals surface area contributed by atoms with E-state index >= 15 is 0 Å². The molecule has 1 aliphatic heterocycles. The highest BCUT2D eigenvalue weighted by atomic mass is 35.5. The maximum absolute atomic E-state index is 12.9. The van der Waals surface area contributed by atoms with Crippen molar-refractivity contribution in [1.29, 1.82) is 0 Å². The number of piperidine rings is 1. The molecular weight excluding hydrogens is 396 g/mol. The van der Waals surface area contributed by atoms with Crippen molar-refractivity contribution in [3.8, 4) is 0 Å². The van der Waals surface area contributed by atoms with Crippen LogP contribution in [-0.2, 0) is 20.6 Å². The summed E-state index contributed by atoms with van der Waals surface area (Å²) in [6.07, 6.45) is 1.33. The Bertz CT molecular complexity index is 975. The Morgan fingerprint density at radius 1 is 1.21 bits per heavy atom. The van der Waals surface area contributed by atoms with Crippen molar-refractivity contribution >= 4 is 33.2 Å². The highest BCUT2D eigenvalue weighted by molar-refractivity contribution is 7.88. The normalized spacial score (nSPS) is 18.0. The van der Waals surface area contributed by atoms with Gasteiger partial charge >= 0.3 is 0 Å². The fraction of sp³-hybridized carbons (Fsp3) is 0.381. The van der Waals surface area contributed by atoms with E-state index in [0.29, 0.717) is 30.0 Å². The standard InChI is InChI=1S/C21H25ClN2O3S/c1-15-9-10-20(16(2)12-15)23-21(25)17-7-5-11-24(13-17)28(26,27)14-18-6-3-4-8-19(18)22/h3-4,6,8-10,12,17H,5,7,11,13-14H2,1-2H3,(H,23,25). The van der Waals surface area contributed by atoms with Gasteiger partial charge in [0, 0.05) is 23.8 Å². The van der Waals surface area contributed by atoms with Crippen LogP contribution >= 0.6 is 11.6 Å². The molecule has 0 spiro atoms. The summed E-state index contributed by atoms with van der Waals surface area (Å²) in [5, 5.41) is 3.39. The molecule has 1 N–H and O–H groups in total. The molecule has 2 aromatic carbocycles. The van der Waals surface area contributed by atoms with Gasteiger partial charge in [0.15, 0.2) is 0 Å². The minimum absolute atomic E-state index is 0.135. The van der Waals surface area contributed by atoms with Gasteiger partial charge in [-0.05, 0) is 49.9 Å². The largest absolute Gasteiger partial charge is 0.326 e. The third-order valence-electron chi connectivity index (χ3n) is 5.08. The van der Waals surface area contributed by atoms with Gasteiger partial charge in [0.05, 0.1) is 11.7 Å². The monoisotopic (exact) mass is 420 g/mol. The van der Waals surface area contributed by atoms with Crippen LogP contribution in [0.1, 0.15) is 29.5 Å². The predicted molar refractivity (Wildman–Crippen MR) is 113 cm³/mol. The number of amides is 1. The first-order valence-electron chi connectivity index (χ1n) is 9.35. The van der Waals surface area contributed by atoms with E-state index in [2.05, 4.69) is 5.32 Å². The molecular formula is C21H25ClN2O3S. The Balaban J connectivity index is 1.69. The Morgan fingerprint density at radius 3 is 2.68 bits per heavy atom. The summed E-state index contributed by atoms with van der Waals surface area (Å²) >= 11 is 6.12.